The maximum atomic E-state index is 13.7. The van der Waals surface area contributed by atoms with Gasteiger partial charge >= 0.3 is 5.97 Å². The molecule has 4 aliphatic carbocycles. The summed E-state index contributed by atoms with van der Waals surface area (Å²) in [6.07, 6.45) is 13.8. The van der Waals surface area contributed by atoms with Crippen LogP contribution in [0.3, 0.4) is 0 Å². The summed E-state index contributed by atoms with van der Waals surface area (Å²) in [5.74, 6) is 1.82. The lowest BCUT2D eigenvalue weighted by atomic mass is 9.47. The van der Waals surface area contributed by atoms with Crippen LogP contribution in [0.1, 0.15) is 103 Å². The van der Waals surface area contributed by atoms with Crippen LogP contribution in [0.2, 0.25) is 0 Å². The van der Waals surface area contributed by atoms with Crippen molar-refractivity contribution in [3.8, 4) is 0 Å². The average Bonchev–Trinajstić information content (AvgIpc) is 3.65. The molecule has 2 aromatic carbocycles. The number of rotatable bonds is 11. The number of para-hydroxylation sites is 1. The number of fused-ring (bicyclic) bond motifs is 6. The van der Waals surface area contributed by atoms with E-state index in [9.17, 15) is 28.2 Å². The van der Waals surface area contributed by atoms with Crippen molar-refractivity contribution >= 4 is 32.8 Å². The summed E-state index contributed by atoms with van der Waals surface area (Å²) in [6, 6.07) is 13.3. The van der Waals surface area contributed by atoms with Crippen molar-refractivity contribution in [1.29, 1.82) is 0 Å². The van der Waals surface area contributed by atoms with Gasteiger partial charge in [-0.15, -0.1) is 0 Å². The molecule has 1 amide bonds. The van der Waals surface area contributed by atoms with Crippen molar-refractivity contribution in [2.75, 3.05) is 0 Å². The number of carboxylic acids is 1. The van der Waals surface area contributed by atoms with Gasteiger partial charge in [0.1, 0.15) is 0 Å². The third-order valence-electron chi connectivity index (χ3n) is 14.3. The first-order valence-electron chi connectivity index (χ1n) is 19.5. The Morgan fingerprint density at radius 2 is 1.75 bits per heavy atom. The van der Waals surface area contributed by atoms with Gasteiger partial charge in [0.05, 0.1) is 22.9 Å². The van der Waals surface area contributed by atoms with Gasteiger partial charge in [0.15, 0.2) is 0 Å². The van der Waals surface area contributed by atoms with E-state index in [4.69, 9.17) is 0 Å². The number of allylic oxidation sites excluding steroid dienone is 1. The molecule has 9 heteroatoms. The number of carbonyl (C=O) groups is 2. The molecule has 7 rings (SSSR count). The molecule has 3 fully saturated rings. The van der Waals surface area contributed by atoms with Gasteiger partial charge in [-0.1, -0.05) is 68.3 Å². The van der Waals surface area contributed by atoms with Crippen LogP contribution in [0.4, 0.5) is 0 Å². The van der Waals surface area contributed by atoms with E-state index in [1.807, 2.05) is 19.1 Å². The number of hydrogen-bond donors (Lipinski definition) is 3. The van der Waals surface area contributed by atoms with Gasteiger partial charge in [-0.3, -0.25) is 9.59 Å². The summed E-state index contributed by atoms with van der Waals surface area (Å²) in [5, 5.41) is 23.9. The molecule has 4 aliphatic rings. The van der Waals surface area contributed by atoms with Crippen molar-refractivity contribution in [3.05, 3.63) is 77.5 Å². The van der Waals surface area contributed by atoms with E-state index in [2.05, 4.69) is 32.2 Å². The van der Waals surface area contributed by atoms with Crippen LogP contribution < -0.4 is 5.32 Å². The van der Waals surface area contributed by atoms with Gasteiger partial charge in [-0.05, 0) is 135 Å². The first kappa shape index (κ1) is 36.9. The normalized spacial score (nSPS) is 31.2. The SMILES string of the molecule is Cc1ccc(S(=O)(=O)n2cc(C[C@@H](CC(=O)O)NC(=O)CC[C@@H](C)[C@H]3CCC4C5CC=C6C[C@@H](O)CC[C@]6(C)C5CC[C@@]43C)c3ccccc32)cc1. The fraction of sp³-hybridized carbons (Fsp3) is 0.581. The number of amides is 1. The highest BCUT2D eigenvalue weighted by atomic mass is 32.2. The summed E-state index contributed by atoms with van der Waals surface area (Å²) >= 11 is 0. The standard InChI is InChI=1S/C43H56N2O6S/c1-27-9-13-33(14-10-27)52(50,51)45-26-29(34-7-5-6-8-39(34)45)23-31(25-41(48)49)44-40(47)18-11-28(2)36-16-17-37-35-15-12-30-24-32(46)19-21-42(30,3)38(35)20-22-43(36,37)4/h5-10,12-14,26,28,31-32,35-38,46H,11,15-25H2,1-4H3,(H,44,47)(H,48,49)/t28-,31+,32+,35?,36-,37?,38?,42+,43-/m1/s1. The van der Waals surface area contributed by atoms with Gasteiger partial charge in [-0.25, -0.2) is 12.4 Å². The third kappa shape index (κ3) is 6.65. The minimum absolute atomic E-state index is 0.158. The second-order valence-electron chi connectivity index (χ2n) is 17.3. The van der Waals surface area contributed by atoms with Gasteiger partial charge in [0, 0.05) is 24.0 Å². The Labute approximate surface area is 309 Å². The lowest BCUT2D eigenvalue weighted by Gasteiger charge is -2.58. The number of nitrogens with zero attached hydrogens (tertiary/aromatic N) is 1. The molecule has 0 bridgehead atoms. The van der Waals surface area contributed by atoms with Crippen LogP contribution in [0.25, 0.3) is 10.9 Å². The highest BCUT2D eigenvalue weighted by Gasteiger charge is 2.59. The smallest absolute Gasteiger partial charge is 0.305 e. The summed E-state index contributed by atoms with van der Waals surface area (Å²) in [5.41, 5.74) is 4.13. The van der Waals surface area contributed by atoms with Crippen molar-refractivity contribution in [2.24, 2.45) is 40.4 Å². The highest BCUT2D eigenvalue weighted by Crippen LogP contribution is 2.67. The van der Waals surface area contributed by atoms with Crippen molar-refractivity contribution < 1.29 is 28.2 Å². The van der Waals surface area contributed by atoms with Crippen LogP contribution in [-0.2, 0) is 26.0 Å². The maximum Gasteiger partial charge on any atom is 0.305 e. The van der Waals surface area contributed by atoms with Gasteiger partial charge < -0.3 is 15.5 Å². The molecule has 9 atom stereocenters. The molecule has 3 N–H and O–H groups in total. The predicted molar refractivity (Wildman–Crippen MR) is 203 cm³/mol. The van der Waals surface area contributed by atoms with E-state index >= 15 is 0 Å². The molecule has 1 heterocycles. The topological polar surface area (TPSA) is 126 Å². The summed E-state index contributed by atoms with van der Waals surface area (Å²) < 4.78 is 28.7. The molecule has 0 aliphatic heterocycles. The molecule has 280 valence electrons. The Hall–Kier alpha value is -3.43. The lowest BCUT2D eigenvalue weighted by Crippen LogP contribution is -2.50. The monoisotopic (exact) mass is 728 g/mol. The Morgan fingerprint density at radius 3 is 2.50 bits per heavy atom. The zero-order valence-corrected chi connectivity index (χ0v) is 32.0. The predicted octanol–water partition coefficient (Wildman–Crippen LogP) is 8.04. The van der Waals surface area contributed by atoms with E-state index < -0.39 is 22.0 Å². The minimum Gasteiger partial charge on any atom is -0.481 e. The maximum absolute atomic E-state index is 13.7. The van der Waals surface area contributed by atoms with E-state index in [0.29, 0.717) is 47.1 Å². The fourth-order valence-corrected chi connectivity index (χ4v) is 12.9. The average molecular weight is 729 g/mol. The molecule has 3 saturated carbocycles. The van der Waals surface area contributed by atoms with Crippen LogP contribution in [0.15, 0.2) is 71.3 Å². The van der Waals surface area contributed by atoms with Crippen molar-refractivity contribution in [1.82, 2.24) is 9.29 Å². The molecule has 3 unspecified atom stereocenters. The van der Waals surface area contributed by atoms with Crippen LogP contribution in [0.5, 0.6) is 0 Å². The molecule has 3 aromatic rings. The minimum atomic E-state index is -3.90. The molecule has 8 nitrogen and oxygen atoms in total. The Morgan fingerprint density at radius 1 is 1.00 bits per heavy atom. The Balaban J connectivity index is 1.02. The summed E-state index contributed by atoms with van der Waals surface area (Å²) in [7, 11) is -3.90. The molecule has 0 saturated heterocycles. The van der Waals surface area contributed by atoms with Crippen molar-refractivity contribution in [3.63, 3.8) is 0 Å². The van der Waals surface area contributed by atoms with Gasteiger partial charge in [0.2, 0.25) is 5.91 Å². The Kier molecular flexibility index (Phi) is 10.0. The number of hydrogen-bond acceptors (Lipinski definition) is 5. The van der Waals surface area contributed by atoms with E-state index in [-0.39, 0.29) is 40.6 Å². The Bertz CT molecular complexity index is 1970. The quantitative estimate of drug-likeness (QED) is 0.172. The second kappa shape index (κ2) is 14.1. The molecule has 0 radical (unpaired) electrons. The number of benzene rings is 2. The fourth-order valence-electron chi connectivity index (χ4n) is 11.5. The number of aromatic nitrogens is 1. The first-order chi connectivity index (χ1) is 24.7. The molecular formula is C43H56N2O6S. The van der Waals surface area contributed by atoms with Gasteiger partial charge in [0.25, 0.3) is 10.0 Å². The number of aliphatic hydroxyl groups is 1. The highest BCUT2D eigenvalue weighted by molar-refractivity contribution is 7.90. The number of carbonyl (C=O) groups excluding carboxylic acids is 1. The number of aryl methyl sites for hydroxylation is 1. The zero-order valence-electron chi connectivity index (χ0n) is 31.2. The largest absolute Gasteiger partial charge is 0.481 e. The van der Waals surface area contributed by atoms with E-state index in [0.717, 1.165) is 43.1 Å². The molecule has 1 aromatic heterocycles. The molecule has 52 heavy (non-hydrogen) atoms. The third-order valence-corrected chi connectivity index (χ3v) is 15.9. The lowest BCUT2D eigenvalue weighted by molar-refractivity contribution is -0.137. The van der Waals surface area contributed by atoms with Crippen molar-refractivity contribution in [2.45, 2.75) is 122 Å². The molecular weight excluding hydrogens is 673 g/mol. The van der Waals surface area contributed by atoms with E-state index in [1.54, 1.807) is 42.6 Å². The van der Waals surface area contributed by atoms with Crippen LogP contribution in [0, 0.1) is 47.3 Å². The zero-order chi connectivity index (χ0) is 37.0. The first-order valence-corrected chi connectivity index (χ1v) is 20.9. The second-order valence-corrected chi connectivity index (χ2v) is 19.1. The number of nitrogens with one attached hydrogen (secondary N) is 1. The van der Waals surface area contributed by atoms with Gasteiger partial charge in [-0.2, -0.15) is 0 Å². The number of carboxylic acid groups (broad SMARTS) is 1. The summed E-state index contributed by atoms with van der Waals surface area (Å²) in [4.78, 5) is 25.7. The number of aliphatic hydroxyl groups excluding tert-OH is 1. The summed E-state index contributed by atoms with van der Waals surface area (Å²) in [6.45, 7) is 9.20. The van der Waals surface area contributed by atoms with E-state index in [1.165, 1.54) is 35.2 Å². The van der Waals surface area contributed by atoms with Crippen LogP contribution in [-0.4, -0.2) is 46.6 Å². The number of aliphatic carboxylic acids is 1. The van der Waals surface area contributed by atoms with Crippen LogP contribution >= 0.6 is 0 Å². The molecule has 0 spiro atoms.